The SMILES string of the molecule is CCNC1CCNCCC1CO. The molecule has 0 aromatic heterocycles. The monoisotopic (exact) mass is 172 g/mol. The maximum atomic E-state index is 9.15. The van der Waals surface area contributed by atoms with Crippen LogP contribution in [0.4, 0.5) is 0 Å². The van der Waals surface area contributed by atoms with Crippen LogP contribution in [0.25, 0.3) is 0 Å². The Kier molecular flexibility index (Phi) is 4.58. The van der Waals surface area contributed by atoms with Crippen LogP contribution < -0.4 is 10.6 Å². The Labute approximate surface area is 74.5 Å². The maximum absolute atomic E-state index is 9.15. The highest BCUT2D eigenvalue weighted by Crippen LogP contribution is 2.13. The van der Waals surface area contributed by atoms with Gasteiger partial charge in [-0.2, -0.15) is 0 Å². The summed E-state index contributed by atoms with van der Waals surface area (Å²) in [6.45, 7) is 5.56. The van der Waals surface area contributed by atoms with E-state index in [0.29, 0.717) is 18.6 Å². The average molecular weight is 172 g/mol. The molecule has 0 saturated carbocycles. The van der Waals surface area contributed by atoms with Crippen LogP contribution in [0.2, 0.25) is 0 Å². The van der Waals surface area contributed by atoms with Gasteiger partial charge in [0.25, 0.3) is 0 Å². The summed E-state index contributed by atoms with van der Waals surface area (Å²) in [5.74, 6) is 0.444. The van der Waals surface area contributed by atoms with Crippen molar-refractivity contribution in [1.29, 1.82) is 0 Å². The van der Waals surface area contributed by atoms with Crippen molar-refractivity contribution in [2.45, 2.75) is 25.8 Å². The van der Waals surface area contributed by atoms with Crippen molar-refractivity contribution in [3.05, 3.63) is 0 Å². The van der Waals surface area contributed by atoms with Gasteiger partial charge in [-0.1, -0.05) is 6.92 Å². The van der Waals surface area contributed by atoms with Gasteiger partial charge in [-0.15, -0.1) is 0 Å². The normalized spacial score (nSPS) is 31.5. The Morgan fingerprint density at radius 2 is 2.17 bits per heavy atom. The second-order valence-electron chi connectivity index (χ2n) is 3.43. The van der Waals surface area contributed by atoms with Crippen LogP contribution in [0.15, 0.2) is 0 Å². The number of aliphatic hydroxyl groups excluding tert-OH is 1. The van der Waals surface area contributed by atoms with Gasteiger partial charge in [0.05, 0.1) is 0 Å². The Morgan fingerprint density at radius 1 is 1.42 bits per heavy atom. The molecular weight excluding hydrogens is 152 g/mol. The first-order valence-electron chi connectivity index (χ1n) is 4.93. The second-order valence-corrected chi connectivity index (χ2v) is 3.43. The van der Waals surface area contributed by atoms with E-state index in [0.717, 1.165) is 32.5 Å². The fourth-order valence-electron chi connectivity index (χ4n) is 1.86. The topological polar surface area (TPSA) is 44.3 Å². The van der Waals surface area contributed by atoms with Gasteiger partial charge in [0.2, 0.25) is 0 Å². The van der Waals surface area contributed by atoms with E-state index in [1.807, 2.05) is 0 Å². The lowest BCUT2D eigenvalue weighted by molar-refractivity contribution is 0.186. The fourth-order valence-corrected chi connectivity index (χ4v) is 1.86. The number of aliphatic hydroxyl groups is 1. The molecule has 3 N–H and O–H groups in total. The molecule has 0 aromatic rings. The van der Waals surface area contributed by atoms with Gasteiger partial charge < -0.3 is 15.7 Å². The number of rotatable bonds is 3. The number of nitrogens with one attached hydrogen (secondary N) is 2. The summed E-state index contributed by atoms with van der Waals surface area (Å²) >= 11 is 0. The minimum Gasteiger partial charge on any atom is -0.396 e. The molecule has 12 heavy (non-hydrogen) atoms. The minimum absolute atomic E-state index is 0.319. The van der Waals surface area contributed by atoms with Crippen LogP contribution in [0.3, 0.4) is 0 Å². The molecule has 1 fully saturated rings. The highest BCUT2D eigenvalue weighted by atomic mass is 16.3. The van der Waals surface area contributed by atoms with E-state index in [1.165, 1.54) is 0 Å². The van der Waals surface area contributed by atoms with Crippen molar-refractivity contribution in [2.75, 3.05) is 26.2 Å². The van der Waals surface area contributed by atoms with Crippen LogP contribution in [-0.4, -0.2) is 37.4 Å². The molecule has 0 bridgehead atoms. The predicted octanol–water partition coefficient (Wildman–Crippen LogP) is -0.0436. The summed E-state index contributed by atoms with van der Waals surface area (Å²) in [6, 6.07) is 0.509. The molecule has 72 valence electrons. The molecule has 2 atom stereocenters. The van der Waals surface area contributed by atoms with E-state index in [4.69, 9.17) is 5.11 Å². The highest BCUT2D eigenvalue weighted by Gasteiger charge is 2.21. The van der Waals surface area contributed by atoms with Crippen LogP contribution in [-0.2, 0) is 0 Å². The molecule has 1 aliphatic heterocycles. The molecule has 0 radical (unpaired) electrons. The van der Waals surface area contributed by atoms with Crippen LogP contribution in [0.5, 0.6) is 0 Å². The Balaban J connectivity index is 2.39. The van der Waals surface area contributed by atoms with Crippen LogP contribution in [0.1, 0.15) is 19.8 Å². The van der Waals surface area contributed by atoms with Crippen molar-refractivity contribution in [1.82, 2.24) is 10.6 Å². The third-order valence-electron chi connectivity index (χ3n) is 2.59. The van der Waals surface area contributed by atoms with E-state index in [-0.39, 0.29) is 0 Å². The Hall–Kier alpha value is -0.120. The Morgan fingerprint density at radius 3 is 2.83 bits per heavy atom. The molecule has 0 spiro atoms. The molecule has 1 rings (SSSR count). The third-order valence-corrected chi connectivity index (χ3v) is 2.59. The molecule has 0 amide bonds. The maximum Gasteiger partial charge on any atom is 0.0474 e. The summed E-state index contributed by atoms with van der Waals surface area (Å²) in [4.78, 5) is 0. The van der Waals surface area contributed by atoms with Crippen molar-refractivity contribution in [3.63, 3.8) is 0 Å². The average Bonchev–Trinajstić information content (AvgIpc) is 2.30. The lowest BCUT2D eigenvalue weighted by Gasteiger charge is -2.23. The first kappa shape index (κ1) is 9.96. The molecule has 2 unspecified atom stereocenters. The molecule has 1 aliphatic rings. The van der Waals surface area contributed by atoms with Gasteiger partial charge >= 0.3 is 0 Å². The summed E-state index contributed by atoms with van der Waals surface area (Å²) in [5.41, 5.74) is 0. The molecule has 1 saturated heterocycles. The van der Waals surface area contributed by atoms with E-state index in [1.54, 1.807) is 0 Å². The molecule has 1 heterocycles. The number of hydrogen-bond acceptors (Lipinski definition) is 3. The van der Waals surface area contributed by atoms with Crippen molar-refractivity contribution in [3.8, 4) is 0 Å². The van der Waals surface area contributed by atoms with Gasteiger partial charge in [0.1, 0.15) is 0 Å². The van der Waals surface area contributed by atoms with Crippen LogP contribution in [0, 0.1) is 5.92 Å². The fraction of sp³-hybridized carbons (Fsp3) is 1.00. The van der Waals surface area contributed by atoms with Crippen molar-refractivity contribution >= 4 is 0 Å². The second kappa shape index (κ2) is 5.51. The van der Waals surface area contributed by atoms with E-state index in [2.05, 4.69) is 17.6 Å². The van der Waals surface area contributed by atoms with Gasteiger partial charge in [0, 0.05) is 12.6 Å². The number of hydrogen-bond donors (Lipinski definition) is 3. The molecule has 3 heteroatoms. The highest BCUT2D eigenvalue weighted by molar-refractivity contribution is 4.79. The molecule has 0 aromatic carbocycles. The smallest absolute Gasteiger partial charge is 0.0474 e. The van der Waals surface area contributed by atoms with Crippen LogP contribution >= 0.6 is 0 Å². The predicted molar refractivity (Wildman–Crippen MR) is 50.1 cm³/mol. The standard InChI is InChI=1S/C9H20N2O/c1-2-11-9-4-6-10-5-3-8(9)7-12/h8-12H,2-7H2,1H3. The summed E-state index contributed by atoms with van der Waals surface area (Å²) < 4.78 is 0. The lowest BCUT2D eigenvalue weighted by Crippen LogP contribution is -2.37. The summed E-state index contributed by atoms with van der Waals surface area (Å²) in [7, 11) is 0. The lowest BCUT2D eigenvalue weighted by atomic mass is 9.96. The zero-order valence-electron chi connectivity index (χ0n) is 7.84. The first-order valence-corrected chi connectivity index (χ1v) is 4.93. The summed E-state index contributed by atoms with van der Waals surface area (Å²) in [6.07, 6.45) is 2.23. The summed E-state index contributed by atoms with van der Waals surface area (Å²) in [5, 5.41) is 15.9. The van der Waals surface area contributed by atoms with E-state index in [9.17, 15) is 0 Å². The van der Waals surface area contributed by atoms with Gasteiger partial charge in [-0.05, 0) is 38.4 Å². The third kappa shape index (κ3) is 2.73. The van der Waals surface area contributed by atoms with Crippen molar-refractivity contribution in [2.24, 2.45) is 5.92 Å². The minimum atomic E-state index is 0.319. The largest absolute Gasteiger partial charge is 0.396 e. The zero-order chi connectivity index (χ0) is 8.81. The first-order chi connectivity index (χ1) is 5.88. The molecule has 0 aliphatic carbocycles. The zero-order valence-corrected chi connectivity index (χ0v) is 7.84. The van der Waals surface area contributed by atoms with Gasteiger partial charge in [-0.3, -0.25) is 0 Å². The van der Waals surface area contributed by atoms with E-state index >= 15 is 0 Å². The quantitative estimate of drug-likeness (QED) is 0.559. The Bertz CT molecular complexity index is 119. The van der Waals surface area contributed by atoms with Crippen molar-refractivity contribution < 1.29 is 5.11 Å². The van der Waals surface area contributed by atoms with Gasteiger partial charge in [0.15, 0.2) is 0 Å². The van der Waals surface area contributed by atoms with E-state index < -0.39 is 0 Å². The van der Waals surface area contributed by atoms with Gasteiger partial charge in [-0.25, -0.2) is 0 Å². The molecule has 3 nitrogen and oxygen atoms in total. The molecular formula is C9H20N2O.